The van der Waals surface area contributed by atoms with Crippen molar-refractivity contribution in [1.82, 2.24) is 0 Å². The molecule has 2 N–H and O–H groups in total. The summed E-state index contributed by atoms with van der Waals surface area (Å²) in [6.07, 6.45) is 0. The smallest absolute Gasteiger partial charge is 0.248 e. The van der Waals surface area contributed by atoms with Crippen LogP contribution in [0.5, 0.6) is 0 Å². The van der Waals surface area contributed by atoms with Crippen LogP contribution >= 0.6 is 50.9 Å². The number of thioether (sulfide) groups is 1. The Kier molecular flexibility index (Phi) is 5.98. The fourth-order valence-electron chi connectivity index (χ4n) is 4.28. The summed E-state index contributed by atoms with van der Waals surface area (Å²) in [4.78, 5) is 28.1. The molecule has 6 nitrogen and oxygen atoms in total. The van der Waals surface area contributed by atoms with Crippen LogP contribution in [-0.4, -0.2) is 17.1 Å². The summed E-state index contributed by atoms with van der Waals surface area (Å²) >= 11 is 16.8. The predicted octanol–water partition coefficient (Wildman–Crippen LogP) is 6.10. The summed E-state index contributed by atoms with van der Waals surface area (Å²) in [7, 11) is 0. The molecule has 5 rings (SSSR count). The number of furan rings is 1. The van der Waals surface area contributed by atoms with Crippen LogP contribution in [0.2, 0.25) is 10.0 Å². The number of anilines is 1. The number of hydrogen-bond acceptors (Lipinski definition) is 6. The van der Waals surface area contributed by atoms with E-state index in [1.54, 1.807) is 54.6 Å². The van der Waals surface area contributed by atoms with Crippen LogP contribution < -0.4 is 10.6 Å². The molecule has 2 aliphatic rings. The molecule has 34 heavy (non-hydrogen) atoms. The number of nitrogens with zero attached hydrogens (tertiary/aromatic N) is 2. The molecule has 10 heteroatoms. The highest BCUT2D eigenvalue weighted by Gasteiger charge is 2.57. The van der Waals surface area contributed by atoms with Gasteiger partial charge in [0.2, 0.25) is 11.8 Å². The van der Waals surface area contributed by atoms with Gasteiger partial charge in [0, 0.05) is 15.1 Å². The number of amides is 2. The normalized spacial score (nSPS) is 22.2. The third kappa shape index (κ3) is 3.73. The van der Waals surface area contributed by atoms with E-state index in [0.29, 0.717) is 32.8 Å². The van der Waals surface area contributed by atoms with Crippen molar-refractivity contribution in [3.8, 4) is 17.4 Å². The molecule has 170 valence electrons. The lowest BCUT2D eigenvalue weighted by molar-refractivity contribution is -0.122. The maximum absolute atomic E-state index is 13.6. The number of hydrogen-bond donors (Lipinski definition) is 1. The minimum absolute atomic E-state index is 0.197. The van der Waals surface area contributed by atoms with E-state index in [1.165, 1.54) is 0 Å². The number of allylic oxidation sites excluding steroid dienone is 1. The Hall–Kier alpha value is -2.70. The summed E-state index contributed by atoms with van der Waals surface area (Å²) in [6, 6.07) is 17.4. The second-order valence-electron chi connectivity index (χ2n) is 7.75. The van der Waals surface area contributed by atoms with Gasteiger partial charge in [0.05, 0.1) is 39.2 Å². The number of carbonyl (C=O) groups is 2. The third-order valence-electron chi connectivity index (χ3n) is 5.82. The first-order chi connectivity index (χ1) is 16.3. The minimum Gasteiger partial charge on any atom is -0.460 e. The van der Waals surface area contributed by atoms with Crippen molar-refractivity contribution in [3.05, 3.63) is 85.5 Å². The molecule has 2 aromatic carbocycles. The number of nitrogens with two attached hydrogens (primary N) is 1. The number of nitriles is 1. The quantitative estimate of drug-likeness (QED) is 0.379. The number of imide groups is 1. The van der Waals surface area contributed by atoms with Gasteiger partial charge in [-0.1, -0.05) is 50.9 Å². The molecule has 3 heterocycles. The van der Waals surface area contributed by atoms with Gasteiger partial charge < -0.3 is 10.2 Å². The van der Waals surface area contributed by atoms with Crippen LogP contribution in [0.25, 0.3) is 11.3 Å². The highest BCUT2D eigenvalue weighted by atomic mass is 79.9. The van der Waals surface area contributed by atoms with Crippen LogP contribution in [0.3, 0.4) is 0 Å². The molecule has 0 saturated carbocycles. The van der Waals surface area contributed by atoms with Crippen molar-refractivity contribution in [2.24, 2.45) is 11.7 Å². The molecule has 0 spiro atoms. The Bertz CT molecular complexity index is 1410. The average molecular weight is 575 g/mol. The number of carbonyl (C=O) groups excluding carboxylic acids is 2. The Labute approximate surface area is 217 Å². The zero-order chi connectivity index (χ0) is 24.1. The van der Waals surface area contributed by atoms with Gasteiger partial charge in [-0.2, -0.15) is 5.26 Å². The van der Waals surface area contributed by atoms with Crippen molar-refractivity contribution >= 4 is 68.4 Å². The van der Waals surface area contributed by atoms with Crippen molar-refractivity contribution in [1.29, 1.82) is 5.26 Å². The molecule has 3 aromatic rings. The Morgan fingerprint density at radius 2 is 1.79 bits per heavy atom. The topological polar surface area (TPSA) is 100 Å². The van der Waals surface area contributed by atoms with Gasteiger partial charge in [-0.15, -0.1) is 0 Å². The van der Waals surface area contributed by atoms with Crippen LogP contribution in [-0.2, 0) is 9.59 Å². The largest absolute Gasteiger partial charge is 0.460 e. The second kappa shape index (κ2) is 8.82. The zero-order valence-electron chi connectivity index (χ0n) is 17.2. The maximum atomic E-state index is 13.6. The highest BCUT2D eigenvalue weighted by Crippen LogP contribution is 2.51. The second-order valence-corrected chi connectivity index (χ2v) is 10.7. The lowest BCUT2D eigenvalue weighted by Crippen LogP contribution is -2.33. The molecule has 1 aromatic heterocycles. The monoisotopic (exact) mass is 573 g/mol. The van der Waals surface area contributed by atoms with Gasteiger partial charge in [-0.3, -0.25) is 9.59 Å². The van der Waals surface area contributed by atoms with Crippen LogP contribution in [0.15, 0.2) is 74.1 Å². The summed E-state index contributed by atoms with van der Waals surface area (Å²) in [5.74, 6) is -1.68. The summed E-state index contributed by atoms with van der Waals surface area (Å²) < 4.78 is 6.91. The zero-order valence-corrected chi connectivity index (χ0v) is 21.1. The van der Waals surface area contributed by atoms with E-state index >= 15 is 0 Å². The maximum Gasteiger partial charge on any atom is 0.248 e. The minimum atomic E-state index is -0.850. The molecule has 2 amide bonds. The van der Waals surface area contributed by atoms with Gasteiger partial charge in [-0.25, -0.2) is 4.90 Å². The molecule has 0 unspecified atom stereocenters. The number of benzene rings is 2. The van der Waals surface area contributed by atoms with E-state index < -0.39 is 23.0 Å². The number of rotatable bonds is 3. The summed E-state index contributed by atoms with van der Waals surface area (Å²) in [5, 5.41) is 10.2. The van der Waals surface area contributed by atoms with Gasteiger partial charge >= 0.3 is 0 Å². The molecule has 0 bridgehead atoms. The van der Waals surface area contributed by atoms with Crippen molar-refractivity contribution in [2.45, 2.75) is 11.2 Å². The fourth-order valence-corrected chi connectivity index (χ4v) is 6.13. The van der Waals surface area contributed by atoms with Gasteiger partial charge in [0.1, 0.15) is 16.8 Å². The lowest BCUT2D eigenvalue weighted by Gasteiger charge is -2.28. The first kappa shape index (κ1) is 23.1. The standard InChI is InChI=1S/C24H14BrCl2N3O3S/c25-11-1-4-13(5-2-11)30-23(31)20-19(15(10-28)22(29)34-21(20)24(30)32)18-8-7-17(33-18)14-9-12(26)3-6-16(14)27/h1-9,19-21H,29H2/t19-,20-,21-/m0/s1. The van der Waals surface area contributed by atoms with E-state index in [0.717, 1.165) is 21.1 Å². The van der Waals surface area contributed by atoms with Gasteiger partial charge in [-0.05, 0) is 54.6 Å². The SMILES string of the molecule is N#CC1=C(N)S[C@@H]2C(=O)N(c3ccc(Br)cc3)C(=O)[C@H]2[C@@H]1c1ccc(-c2cc(Cl)ccc2Cl)o1. The molecule has 1 fully saturated rings. The average Bonchev–Trinajstić information content (AvgIpc) is 3.39. The van der Waals surface area contributed by atoms with Crippen LogP contribution in [0, 0.1) is 17.2 Å². The van der Waals surface area contributed by atoms with E-state index in [-0.39, 0.29) is 16.5 Å². The first-order valence-electron chi connectivity index (χ1n) is 10.0. The molecule has 2 aliphatic heterocycles. The van der Waals surface area contributed by atoms with E-state index in [2.05, 4.69) is 22.0 Å². The van der Waals surface area contributed by atoms with Crippen molar-refractivity contribution < 1.29 is 14.0 Å². The third-order valence-corrected chi connectivity index (χ3v) is 8.13. The Morgan fingerprint density at radius 1 is 1.06 bits per heavy atom. The van der Waals surface area contributed by atoms with Crippen LogP contribution in [0.4, 0.5) is 5.69 Å². The summed E-state index contributed by atoms with van der Waals surface area (Å²) in [6.45, 7) is 0. The highest BCUT2D eigenvalue weighted by molar-refractivity contribution is 9.10. The molecule has 0 radical (unpaired) electrons. The molecule has 3 atom stereocenters. The molecule has 1 saturated heterocycles. The Morgan fingerprint density at radius 3 is 2.50 bits per heavy atom. The Balaban J connectivity index is 1.59. The molecular weight excluding hydrogens is 561 g/mol. The predicted molar refractivity (Wildman–Crippen MR) is 135 cm³/mol. The summed E-state index contributed by atoms with van der Waals surface area (Å²) in [5.41, 5.74) is 7.42. The van der Waals surface area contributed by atoms with Gasteiger partial charge in [0.15, 0.2) is 0 Å². The van der Waals surface area contributed by atoms with Crippen molar-refractivity contribution in [3.63, 3.8) is 0 Å². The number of halogens is 3. The van der Waals surface area contributed by atoms with E-state index in [1.807, 2.05) is 0 Å². The molecular formula is C24H14BrCl2N3O3S. The van der Waals surface area contributed by atoms with Crippen LogP contribution in [0.1, 0.15) is 11.7 Å². The van der Waals surface area contributed by atoms with Gasteiger partial charge in [0.25, 0.3) is 0 Å². The van der Waals surface area contributed by atoms with E-state index in [9.17, 15) is 14.9 Å². The number of fused-ring (bicyclic) bond motifs is 1. The van der Waals surface area contributed by atoms with Crippen molar-refractivity contribution in [2.75, 3.05) is 4.90 Å². The molecule has 0 aliphatic carbocycles. The lowest BCUT2D eigenvalue weighted by atomic mass is 9.82. The first-order valence-corrected chi connectivity index (χ1v) is 12.5. The fraction of sp³-hybridized carbons (Fsp3) is 0.125. The van der Waals surface area contributed by atoms with E-state index in [4.69, 9.17) is 33.4 Å².